The molecular weight excluding hydrogens is 475 g/mol. The van der Waals surface area contributed by atoms with Crippen molar-refractivity contribution in [3.63, 3.8) is 0 Å². The van der Waals surface area contributed by atoms with Gasteiger partial charge in [-0.3, -0.25) is 4.79 Å². The Morgan fingerprint density at radius 2 is 1.93 bits per heavy atom. The van der Waals surface area contributed by atoms with Gasteiger partial charge < -0.3 is 10.1 Å². The molecule has 0 saturated carbocycles. The Kier molecular flexibility index (Phi) is 6.89. The summed E-state index contributed by atoms with van der Waals surface area (Å²) in [5, 5.41) is 14.4. The number of rotatable bonds is 6. The maximum Gasteiger partial charge on any atom is 0.262 e. The highest BCUT2D eigenvalue weighted by Gasteiger charge is 2.11. The van der Waals surface area contributed by atoms with Crippen molar-refractivity contribution in [2.75, 3.05) is 0 Å². The van der Waals surface area contributed by atoms with Gasteiger partial charge in [-0.15, -0.1) is 0 Å². The van der Waals surface area contributed by atoms with Gasteiger partial charge in [-0.05, 0) is 76.5 Å². The minimum Gasteiger partial charge on any atom is -0.488 e. The molecule has 0 bridgehead atoms. The summed E-state index contributed by atoms with van der Waals surface area (Å²) in [6.45, 7) is 4.18. The van der Waals surface area contributed by atoms with Crippen LogP contribution < -0.4 is 10.1 Å². The Hall–Kier alpha value is -2.85. The van der Waals surface area contributed by atoms with Gasteiger partial charge in [0.1, 0.15) is 24.0 Å². The number of fused-ring (bicyclic) bond motifs is 1. The number of nitrogens with one attached hydrogen (secondary N) is 1. The number of hydrogen-bond acceptors (Lipinski definition) is 3. The first kappa shape index (κ1) is 20.9. The third-order valence-corrected chi connectivity index (χ3v) is 5.16. The summed E-state index contributed by atoms with van der Waals surface area (Å²) in [6.07, 6.45) is 1.59. The van der Waals surface area contributed by atoms with Gasteiger partial charge in [-0.25, -0.2) is 0 Å². The third-order valence-electron chi connectivity index (χ3n) is 4.31. The molecule has 29 heavy (non-hydrogen) atoms. The van der Waals surface area contributed by atoms with Crippen LogP contribution in [0.1, 0.15) is 25.0 Å². The van der Waals surface area contributed by atoms with Crippen LogP contribution in [0, 0.1) is 14.9 Å². The number of carbonyl (C=O) groups excluding carboxylic acids is 1. The molecule has 0 aliphatic rings. The van der Waals surface area contributed by atoms with Gasteiger partial charge in [0.05, 0.1) is 3.57 Å². The summed E-state index contributed by atoms with van der Waals surface area (Å²) in [6, 6.07) is 22.0. The van der Waals surface area contributed by atoms with Crippen molar-refractivity contribution in [1.29, 1.82) is 5.26 Å². The van der Waals surface area contributed by atoms with Crippen LogP contribution in [0.3, 0.4) is 0 Å². The number of nitriles is 1. The summed E-state index contributed by atoms with van der Waals surface area (Å²) < 4.78 is 6.96. The van der Waals surface area contributed by atoms with Gasteiger partial charge in [0.15, 0.2) is 0 Å². The van der Waals surface area contributed by atoms with Gasteiger partial charge in [0.25, 0.3) is 5.91 Å². The fraction of sp³-hybridized carbons (Fsp3) is 0.167. The van der Waals surface area contributed by atoms with E-state index in [-0.39, 0.29) is 17.5 Å². The molecular formula is C24H21IN2O2. The number of halogens is 1. The lowest BCUT2D eigenvalue weighted by Gasteiger charge is -2.11. The second kappa shape index (κ2) is 9.57. The van der Waals surface area contributed by atoms with Crippen molar-refractivity contribution < 1.29 is 9.53 Å². The van der Waals surface area contributed by atoms with E-state index in [0.29, 0.717) is 6.61 Å². The van der Waals surface area contributed by atoms with E-state index in [0.717, 1.165) is 20.4 Å². The number of carbonyl (C=O) groups is 1. The predicted octanol–water partition coefficient (Wildman–Crippen LogP) is 5.45. The van der Waals surface area contributed by atoms with Crippen molar-refractivity contribution in [1.82, 2.24) is 5.32 Å². The van der Waals surface area contributed by atoms with Gasteiger partial charge in [0, 0.05) is 6.04 Å². The fourth-order valence-corrected chi connectivity index (χ4v) is 3.65. The molecule has 0 fully saturated rings. The second-order valence-electron chi connectivity index (χ2n) is 6.91. The zero-order valence-corrected chi connectivity index (χ0v) is 18.4. The molecule has 3 aromatic carbocycles. The first-order valence-electron chi connectivity index (χ1n) is 9.29. The van der Waals surface area contributed by atoms with Crippen LogP contribution in [0.25, 0.3) is 16.8 Å². The highest BCUT2D eigenvalue weighted by Crippen LogP contribution is 2.26. The summed E-state index contributed by atoms with van der Waals surface area (Å²) in [5.41, 5.74) is 1.99. The normalized spacial score (nSPS) is 11.3. The molecule has 0 atom stereocenters. The van der Waals surface area contributed by atoms with Crippen LogP contribution in [0.4, 0.5) is 0 Å². The SMILES string of the molecule is CC(C)NC(=O)/C(C#N)=C\c1ccc(OCc2cccc3ccccc23)c(I)c1. The van der Waals surface area contributed by atoms with E-state index < -0.39 is 0 Å². The number of hydrogen-bond donors (Lipinski definition) is 1. The van der Waals surface area contributed by atoms with Crippen molar-refractivity contribution in [2.45, 2.75) is 26.5 Å². The molecule has 0 aliphatic heterocycles. The summed E-state index contributed by atoms with van der Waals surface area (Å²) in [7, 11) is 0. The summed E-state index contributed by atoms with van der Waals surface area (Å²) >= 11 is 2.21. The molecule has 3 rings (SSSR count). The molecule has 1 N–H and O–H groups in total. The molecule has 0 heterocycles. The van der Waals surface area contributed by atoms with E-state index >= 15 is 0 Å². The van der Waals surface area contributed by atoms with Gasteiger partial charge in [0.2, 0.25) is 0 Å². The Morgan fingerprint density at radius 3 is 2.66 bits per heavy atom. The van der Waals surface area contributed by atoms with Crippen LogP contribution in [0.5, 0.6) is 5.75 Å². The van der Waals surface area contributed by atoms with Crippen LogP contribution in [-0.4, -0.2) is 11.9 Å². The Labute approximate surface area is 184 Å². The standard InChI is InChI=1S/C24H21IN2O2/c1-16(2)27-24(28)20(14-26)12-17-10-11-23(22(25)13-17)29-15-19-8-5-7-18-6-3-4-9-21(18)19/h3-13,16H,15H2,1-2H3,(H,27,28)/b20-12-. The number of benzene rings is 3. The minimum atomic E-state index is -0.367. The Bertz CT molecular complexity index is 1110. The first-order chi connectivity index (χ1) is 14.0. The van der Waals surface area contributed by atoms with Crippen LogP contribution >= 0.6 is 22.6 Å². The number of nitrogens with zero attached hydrogens (tertiary/aromatic N) is 1. The predicted molar refractivity (Wildman–Crippen MR) is 124 cm³/mol. The molecule has 0 radical (unpaired) electrons. The highest BCUT2D eigenvalue weighted by atomic mass is 127. The fourth-order valence-electron chi connectivity index (χ4n) is 2.95. The largest absolute Gasteiger partial charge is 0.488 e. The third kappa shape index (κ3) is 5.36. The van der Waals surface area contributed by atoms with Gasteiger partial charge in [-0.2, -0.15) is 5.26 Å². The van der Waals surface area contributed by atoms with E-state index in [2.05, 4.69) is 52.2 Å². The summed E-state index contributed by atoms with van der Waals surface area (Å²) in [4.78, 5) is 12.1. The smallest absolute Gasteiger partial charge is 0.262 e. The van der Waals surface area contributed by atoms with E-state index in [1.54, 1.807) is 6.08 Å². The van der Waals surface area contributed by atoms with Crippen molar-refractivity contribution >= 4 is 45.3 Å². The molecule has 1 amide bonds. The maximum absolute atomic E-state index is 12.1. The zero-order chi connectivity index (χ0) is 20.8. The monoisotopic (exact) mass is 496 g/mol. The topological polar surface area (TPSA) is 62.1 Å². The molecule has 0 saturated heterocycles. The van der Waals surface area contributed by atoms with Crippen LogP contribution in [0.15, 0.2) is 66.2 Å². The van der Waals surface area contributed by atoms with Crippen molar-refractivity contribution in [3.8, 4) is 11.8 Å². The molecule has 5 heteroatoms. The quantitative estimate of drug-likeness (QED) is 0.280. The van der Waals surface area contributed by atoms with E-state index in [1.807, 2.05) is 56.3 Å². The lowest BCUT2D eigenvalue weighted by atomic mass is 10.1. The Balaban J connectivity index is 1.77. The van der Waals surface area contributed by atoms with E-state index in [1.165, 1.54) is 10.8 Å². The zero-order valence-electron chi connectivity index (χ0n) is 16.3. The minimum absolute atomic E-state index is 0.0239. The molecule has 0 spiro atoms. The average Bonchev–Trinajstić information content (AvgIpc) is 2.70. The number of ether oxygens (including phenoxy) is 1. The molecule has 0 aliphatic carbocycles. The highest BCUT2D eigenvalue weighted by molar-refractivity contribution is 14.1. The van der Waals surface area contributed by atoms with Gasteiger partial charge in [-0.1, -0.05) is 48.5 Å². The second-order valence-corrected chi connectivity index (χ2v) is 8.08. The van der Waals surface area contributed by atoms with Crippen LogP contribution in [-0.2, 0) is 11.4 Å². The van der Waals surface area contributed by atoms with E-state index in [9.17, 15) is 10.1 Å². The molecule has 3 aromatic rings. The summed E-state index contributed by atoms with van der Waals surface area (Å²) in [5.74, 6) is 0.398. The van der Waals surface area contributed by atoms with Crippen molar-refractivity contribution in [2.24, 2.45) is 0 Å². The average molecular weight is 496 g/mol. The molecule has 146 valence electrons. The lowest BCUT2D eigenvalue weighted by molar-refractivity contribution is -0.117. The van der Waals surface area contributed by atoms with Crippen LogP contribution in [0.2, 0.25) is 0 Å². The maximum atomic E-state index is 12.1. The molecule has 4 nitrogen and oxygen atoms in total. The van der Waals surface area contributed by atoms with E-state index in [4.69, 9.17) is 4.74 Å². The van der Waals surface area contributed by atoms with Gasteiger partial charge >= 0.3 is 0 Å². The molecule has 0 aromatic heterocycles. The first-order valence-corrected chi connectivity index (χ1v) is 10.4. The molecule has 0 unspecified atom stereocenters. The Morgan fingerprint density at radius 1 is 1.17 bits per heavy atom. The lowest BCUT2D eigenvalue weighted by Crippen LogP contribution is -2.30. The number of amides is 1. The van der Waals surface area contributed by atoms with Crippen molar-refractivity contribution in [3.05, 3.63) is 80.9 Å².